The third kappa shape index (κ3) is 6.44. The van der Waals surface area contributed by atoms with Crippen molar-refractivity contribution in [1.82, 2.24) is 10.2 Å². The molecule has 0 aromatic heterocycles. The quantitative estimate of drug-likeness (QED) is 0.716. The molecule has 1 atom stereocenters. The SMILES string of the molecule is CSCCCCCCN1CCNC(C(C)(C)C)C1. The first kappa shape index (κ1) is 16.3. The van der Waals surface area contributed by atoms with Crippen LogP contribution in [0.2, 0.25) is 0 Å². The molecule has 0 aromatic rings. The lowest BCUT2D eigenvalue weighted by molar-refractivity contribution is 0.132. The second-order valence-corrected chi connectivity index (χ2v) is 7.57. The number of unbranched alkanes of at least 4 members (excludes halogenated alkanes) is 3. The van der Waals surface area contributed by atoms with Crippen LogP contribution in [0, 0.1) is 5.41 Å². The van der Waals surface area contributed by atoms with E-state index in [-0.39, 0.29) is 0 Å². The van der Waals surface area contributed by atoms with Crippen molar-refractivity contribution >= 4 is 11.8 Å². The largest absolute Gasteiger partial charge is 0.311 e. The Labute approximate surface area is 118 Å². The van der Waals surface area contributed by atoms with Gasteiger partial charge in [0.2, 0.25) is 0 Å². The third-order valence-electron chi connectivity index (χ3n) is 3.88. The molecule has 108 valence electrons. The molecule has 0 aromatic carbocycles. The first-order chi connectivity index (χ1) is 8.54. The molecule has 1 saturated heterocycles. The summed E-state index contributed by atoms with van der Waals surface area (Å²) in [6.45, 7) is 12.0. The van der Waals surface area contributed by atoms with Gasteiger partial charge in [-0.3, -0.25) is 0 Å². The molecule has 0 bridgehead atoms. The highest BCUT2D eigenvalue weighted by Crippen LogP contribution is 2.22. The Kier molecular flexibility index (Phi) is 7.66. The van der Waals surface area contributed by atoms with Crippen LogP contribution in [0.4, 0.5) is 0 Å². The molecule has 3 heteroatoms. The van der Waals surface area contributed by atoms with Crippen LogP contribution in [0.3, 0.4) is 0 Å². The molecule has 18 heavy (non-hydrogen) atoms. The topological polar surface area (TPSA) is 15.3 Å². The number of hydrogen-bond donors (Lipinski definition) is 1. The monoisotopic (exact) mass is 272 g/mol. The van der Waals surface area contributed by atoms with Crippen LogP contribution in [0.25, 0.3) is 0 Å². The summed E-state index contributed by atoms with van der Waals surface area (Å²) >= 11 is 1.97. The van der Waals surface area contributed by atoms with E-state index in [0.717, 1.165) is 6.54 Å². The minimum atomic E-state index is 0.386. The Morgan fingerprint density at radius 3 is 2.56 bits per heavy atom. The maximum atomic E-state index is 3.66. The Hall–Kier alpha value is 0.270. The average molecular weight is 273 g/mol. The van der Waals surface area contributed by atoms with Gasteiger partial charge in [0.1, 0.15) is 0 Å². The number of hydrogen-bond acceptors (Lipinski definition) is 3. The number of rotatable bonds is 7. The van der Waals surface area contributed by atoms with Crippen molar-refractivity contribution in [3.05, 3.63) is 0 Å². The predicted molar refractivity (Wildman–Crippen MR) is 84.5 cm³/mol. The first-order valence-corrected chi connectivity index (χ1v) is 8.88. The molecule has 0 spiro atoms. The van der Waals surface area contributed by atoms with Gasteiger partial charge in [-0.25, -0.2) is 0 Å². The minimum Gasteiger partial charge on any atom is -0.311 e. The highest BCUT2D eigenvalue weighted by molar-refractivity contribution is 7.98. The van der Waals surface area contributed by atoms with Crippen molar-refractivity contribution in [3.8, 4) is 0 Å². The molecule has 2 nitrogen and oxygen atoms in total. The summed E-state index contributed by atoms with van der Waals surface area (Å²) in [4.78, 5) is 2.65. The standard InChI is InChI=1S/C15H32N2S/c1-15(2,3)14-13-17(11-9-16-14)10-7-5-6-8-12-18-4/h14,16H,5-13H2,1-4H3. The summed E-state index contributed by atoms with van der Waals surface area (Å²) < 4.78 is 0. The lowest BCUT2D eigenvalue weighted by Gasteiger charge is -2.40. The summed E-state index contributed by atoms with van der Waals surface area (Å²) in [5, 5.41) is 3.66. The van der Waals surface area contributed by atoms with Gasteiger partial charge in [-0.1, -0.05) is 33.6 Å². The summed E-state index contributed by atoms with van der Waals surface area (Å²) in [5.41, 5.74) is 0.386. The molecule has 0 saturated carbocycles. The van der Waals surface area contributed by atoms with E-state index in [0.29, 0.717) is 11.5 Å². The molecule has 1 N–H and O–H groups in total. The van der Waals surface area contributed by atoms with Crippen molar-refractivity contribution < 1.29 is 0 Å². The van der Waals surface area contributed by atoms with E-state index in [4.69, 9.17) is 0 Å². The van der Waals surface area contributed by atoms with E-state index in [1.807, 2.05) is 11.8 Å². The fraction of sp³-hybridized carbons (Fsp3) is 1.00. The molecule has 0 amide bonds. The van der Waals surface area contributed by atoms with Gasteiger partial charge in [-0.2, -0.15) is 11.8 Å². The summed E-state index contributed by atoms with van der Waals surface area (Å²) in [7, 11) is 0. The van der Waals surface area contributed by atoms with E-state index in [9.17, 15) is 0 Å². The zero-order valence-electron chi connectivity index (χ0n) is 12.8. The van der Waals surface area contributed by atoms with Gasteiger partial charge in [0.25, 0.3) is 0 Å². The molecule has 0 aliphatic carbocycles. The number of nitrogens with one attached hydrogen (secondary N) is 1. The molecule has 1 fully saturated rings. The van der Waals surface area contributed by atoms with E-state index >= 15 is 0 Å². The van der Waals surface area contributed by atoms with Gasteiger partial charge in [-0.05, 0) is 36.8 Å². The summed E-state index contributed by atoms with van der Waals surface area (Å²) in [5.74, 6) is 1.33. The zero-order valence-corrected chi connectivity index (χ0v) is 13.6. The maximum Gasteiger partial charge on any atom is 0.0244 e. The van der Waals surface area contributed by atoms with Crippen molar-refractivity contribution in [2.45, 2.75) is 52.5 Å². The molecule has 1 aliphatic rings. The minimum absolute atomic E-state index is 0.386. The second kappa shape index (κ2) is 8.44. The van der Waals surface area contributed by atoms with E-state index in [2.05, 4.69) is 37.2 Å². The molecule has 1 unspecified atom stereocenters. The lowest BCUT2D eigenvalue weighted by Crippen LogP contribution is -2.55. The van der Waals surface area contributed by atoms with Gasteiger partial charge < -0.3 is 10.2 Å². The Balaban J connectivity index is 2.11. The van der Waals surface area contributed by atoms with E-state index in [1.54, 1.807) is 0 Å². The van der Waals surface area contributed by atoms with Gasteiger partial charge in [0.15, 0.2) is 0 Å². The molecular weight excluding hydrogens is 240 g/mol. The van der Waals surface area contributed by atoms with Crippen LogP contribution in [0.5, 0.6) is 0 Å². The van der Waals surface area contributed by atoms with Crippen LogP contribution in [0.1, 0.15) is 46.5 Å². The molecular formula is C15H32N2S. The van der Waals surface area contributed by atoms with Crippen molar-refractivity contribution in [2.75, 3.05) is 38.2 Å². The maximum absolute atomic E-state index is 3.66. The Morgan fingerprint density at radius 2 is 1.89 bits per heavy atom. The van der Waals surface area contributed by atoms with Crippen molar-refractivity contribution in [2.24, 2.45) is 5.41 Å². The van der Waals surface area contributed by atoms with Gasteiger partial charge in [0, 0.05) is 25.7 Å². The molecule has 1 heterocycles. The normalized spacial score (nSPS) is 22.3. The smallest absolute Gasteiger partial charge is 0.0244 e. The number of thioether (sulfide) groups is 1. The summed E-state index contributed by atoms with van der Waals surface area (Å²) in [6, 6.07) is 0.655. The first-order valence-electron chi connectivity index (χ1n) is 7.48. The predicted octanol–water partition coefficient (Wildman–Crippen LogP) is 3.23. The van der Waals surface area contributed by atoms with Crippen LogP contribution in [-0.2, 0) is 0 Å². The van der Waals surface area contributed by atoms with Crippen LogP contribution in [-0.4, -0.2) is 49.1 Å². The van der Waals surface area contributed by atoms with Gasteiger partial charge >= 0.3 is 0 Å². The Bertz CT molecular complexity index is 213. The number of piperazine rings is 1. The third-order valence-corrected chi connectivity index (χ3v) is 4.57. The number of nitrogens with zero attached hydrogens (tertiary/aromatic N) is 1. The Morgan fingerprint density at radius 1 is 1.17 bits per heavy atom. The lowest BCUT2D eigenvalue weighted by atomic mass is 9.85. The fourth-order valence-electron chi connectivity index (χ4n) is 2.53. The van der Waals surface area contributed by atoms with Crippen LogP contribution in [0.15, 0.2) is 0 Å². The van der Waals surface area contributed by atoms with Gasteiger partial charge in [-0.15, -0.1) is 0 Å². The second-order valence-electron chi connectivity index (χ2n) is 6.58. The molecule has 1 rings (SSSR count). The van der Waals surface area contributed by atoms with Crippen LogP contribution >= 0.6 is 11.8 Å². The highest BCUT2D eigenvalue weighted by atomic mass is 32.2. The molecule has 1 aliphatic heterocycles. The van der Waals surface area contributed by atoms with E-state index < -0.39 is 0 Å². The van der Waals surface area contributed by atoms with Crippen LogP contribution < -0.4 is 5.32 Å². The fourth-order valence-corrected chi connectivity index (χ4v) is 3.02. The van der Waals surface area contributed by atoms with Crippen molar-refractivity contribution in [3.63, 3.8) is 0 Å². The molecule has 0 radical (unpaired) electrons. The summed E-state index contributed by atoms with van der Waals surface area (Å²) in [6.07, 6.45) is 7.80. The van der Waals surface area contributed by atoms with Crippen molar-refractivity contribution in [1.29, 1.82) is 0 Å². The average Bonchev–Trinajstić information content (AvgIpc) is 2.33. The van der Waals surface area contributed by atoms with Gasteiger partial charge in [0.05, 0.1) is 0 Å². The zero-order chi connectivity index (χ0) is 13.4. The van der Waals surface area contributed by atoms with E-state index in [1.165, 1.54) is 51.1 Å². The highest BCUT2D eigenvalue weighted by Gasteiger charge is 2.28.